The largest absolute Gasteiger partial charge is 0.348 e. The monoisotopic (exact) mass is 402 g/mol. The number of amides is 3. The molecule has 4 rings (SSSR count). The number of carbonyl (C=O) groups is 2. The number of aromatic nitrogens is 1. The van der Waals surface area contributed by atoms with E-state index in [4.69, 9.17) is 0 Å². The molecule has 6 nitrogen and oxygen atoms in total. The first kappa shape index (κ1) is 19.9. The summed E-state index contributed by atoms with van der Waals surface area (Å²) in [7, 11) is 0. The summed E-state index contributed by atoms with van der Waals surface area (Å²) in [6, 6.07) is 15.4. The Morgan fingerprint density at radius 3 is 2.63 bits per heavy atom. The van der Waals surface area contributed by atoms with E-state index in [-0.39, 0.29) is 11.9 Å². The molecule has 0 atom stereocenters. The van der Waals surface area contributed by atoms with Gasteiger partial charge in [-0.15, -0.1) is 0 Å². The molecular weight excluding hydrogens is 376 g/mol. The highest BCUT2D eigenvalue weighted by Gasteiger charge is 2.18. The summed E-state index contributed by atoms with van der Waals surface area (Å²) in [4.78, 5) is 31.4. The van der Waals surface area contributed by atoms with Gasteiger partial charge in [-0.1, -0.05) is 23.8 Å². The highest BCUT2D eigenvalue weighted by molar-refractivity contribution is 5.98. The fraction of sp³-hybridized carbons (Fsp3) is 0.292. The van der Waals surface area contributed by atoms with E-state index in [0.717, 1.165) is 53.6 Å². The van der Waals surface area contributed by atoms with Crippen LogP contribution in [-0.2, 0) is 6.54 Å². The number of pyridine rings is 1. The summed E-state index contributed by atoms with van der Waals surface area (Å²) in [6.45, 7) is 5.86. The Balaban J connectivity index is 1.43. The Kier molecular flexibility index (Phi) is 5.65. The minimum absolute atomic E-state index is 0.0677. The van der Waals surface area contributed by atoms with Crippen molar-refractivity contribution in [3.05, 3.63) is 70.9 Å². The van der Waals surface area contributed by atoms with Gasteiger partial charge in [-0.2, -0.15) is 0 Å². The molecule has 0 aliphatic carbocycles. The maximum atomic E-state index is 12.8. The molecule has 0 spiro atoms. The van der Waals surface area contributed by atoms with E-state index in [1.165, 1.54) is 0 Å². The third kappa shape index (κ3) is 4.43. The van der Waals surface area contributed by atoms with Gasteiger partial charge in [0.2, 0.25) is 0 Å². The van der Waals surface area contributed by atoms with Crippen LogP contribution in [0, 0.1) is 13.8 Å². The highest BCUT2D eigenvalue weighted by Crippen LogP contribution is 2.19. The van der Waals surface area contributed by atoms with Gasteiger partial charge >= 0.3 is 6.03 Å². The van der Waals surface area contributed by atoms with Gasteiger partial charge in [-0.25, -0.2) is 4.79 Å². The van der Waals surface area contributed by atoms with E-state index in [2.05, 4.69) is 15.6 Å². The SMILES string of the molecule is Cc1ccc2nc(C)c(C(=O)NCc3cccc(NC(=O)N4CCCC4)c3)cc2c1. The molecule has 6 heteroatoms. The molecule has 2 heterocycles. The van der Waals surface area contributed by atoms with Crippen LogP contribution in [0.15, 0.2) is 48.5 Å². The van der Waals surface area contributed by atoms with Crippen molar-refractivity contribution in [1.29, 1.82) is 0 Å². The van der Waals surface area contributed by atoms with E-state index >= 15 is 0 Å². The van der Waals surface area contributed by atoms with Crippen molar-refractivity contribution < 1.29 is 9.59 Å². The Bertz CT molecular complexity index is 1100. The minimum Gasteiger partial charge on any atom is -0.348 e. The number of fused-ring (bicyclic) bond motifs is 1. The molecule has 3 aromatic rings. The first-order valence-electron chi connectivity index (χ1n) is 10.3. The summed E-state index contributed by atoms with van der Waals surface area (Å²) >= 11 is 0. The predicted molar refractivity (Wildman–Crippen MR) is 119 cm³/mol. The molecule has 0 bridgehead atoms. The Labute approximate surface area is 176 Å². The fourth-order valence-electron chi connectivity index (χ4n) is 3.78. The van der Waals surface area contributed by atoms with Crippen LogP contribution in [-0.4, -0.2) is 34.9 Å². The molecule has 0 radical (unpaired) electrons. The molecule has 1 fully saturated rings. The van der Waals surface area contributed by atoms with Crippen LogP contribution in [0.5, 0.6) is 0 Å². The molecule has 0 unspecified atom stereocenters. The second kappa shape index (κ2) is 8.53. The average Bonchev–Trinajstić information content (AvgIpc) is 3.27. The summed E-state index contributed by atoms with van der Waals surface area (Å²) in [5.41, 5.74) is 4.95. The number of likely N-dealkylation sites (tertiary alicyclic amines) is 1. The first-order valence-corrected chi connectivity index (χ1v) is 10.3. The Hall–Kier alpha value is -3.41. The fourth-order valence-corrected chi connectivity index (χ4v) is 3.78. The number of nitrogens with zero attached hydrogens (tertiary/aromatic N) is 2. The topological polar surface area (TPSA) is 74.3 Å². The van der Waals surface area contributed by atoms with Gasteiger partial charge in [0.25, 0.3) is 5.91 Å². The normalized spacial score (nSPS) is 13.5. The minimum atomic E-state index is -0.157. The van der Waals surface area contributed by atoms with Crippen LogP contribution in [0.3, 0.4) is 0 Å². The van der Waals surface area contributed by atoms with Crippen LogP contribution in [0.25, 0.3) is 10.9 Å². The zero-order valence-corrected chi connectivity index (χ0v) is 17.4. The van der Waals surface area contributed by atoms with Crippen LogP contribution in [0.1, 0.15) is 40.0 Å². The van der Waals surface area contributed by atoms with E-state index in [0.29, 0.717) is 17.8 Å². The number of hydrogen-bond acceptors (Lipinski definition) is 3. The smallest absolute Gasteiger partial charge is 0.321 e. The molecule has 30 heavy (non-hydrogen) atoms. The van der Waals surface area contributed by atoms with Gasteiger partial charge in [-0.05, 0) is 62.6 Å². The molecular formula is C24H26N4O2. The number of hydrogen-bond donors (Lipinski definition) is 2. The van der Waals surface area contributed by atoms with Crippen LogP contribution in [0.4, 0.5) is 10.5 Å². The highest BCUT2D eigenvalue weighted by atomic mass is 16.2. The summed E-state index contributed by atoms with van der Waals surface area (Å²) in [5.74, 6) is -0.157. The Morgan fingerprint density at radius 1 is 1.03 bits per heavy atom. The lowest BCUT2D eigenvalue weighted by Crippen LogP contribution is -2.32. The molecule has 154 valence electrons. The van der Waals surface area contributed by atoms with Crippen molar-refractivity contribution in [3.63, 3.8) is 0 Å². The maximum absolute atomic E-state index is 12.8. The van der Waals surface area contributed by atoms with Gasteiger partial charge in [-0.3, -0.25) is 9.78 Å². The van der Waals surface area contributed by atoms with Gasteiger partial charge in [0.15, 0.2) is 0 Å². The standard InChI is InChI=1S/C24H26N4O2/c1-16-8-9-22-19(12-16)14-21(17(2)26-22)23(29)25-15-18-6-5-7-20(13-18)27-24(30)28-10-3-4-11-28/h5-9,12-14H,3-4,10-11,15H2,1-2H3,(H,25,29)(H,27,30). The van der Waals surface area contributed by atoms with Crippen molar-refractivity contribution in [2.45, 2.75) is 33.2 Å². The quantitative estimate of drug-likeness (QED) is 0.679. The lowest BCUT2D eigenvalue weighted by molar-refractivity contribution is 0.0950. The summed E-state index contributed by atoms with van der Waals surface area (Å²) in [6.07, 6.45) is 2.12. The van der Waals surface area contributed by atoms with E-state index < -0.39 is 0 Å². The molecule has 1 saturated heterocycles. The van der Waals surface area contributed by atoms with Crippen molar-refractivity contribution in [3.8, 4) is 0 Å². The van der Waals surface area contributed by atoms with E-state index in [1.54, 1.807) is 0 Å². The number of rotatable bonds is 4. The third-order valence-electron chi connectivity index (χ3n) is 5.43. The molecule has 2 N–H and O–H groups in total. The number of nitrogens with one attached hydrogen (secondary N) is 2. The number of benzene rings is 2. The van der Waals surface area contributed by atoms with E-state index in [1.807, 2.05) is 67.3 Å². The zero-order chi connectivity index (χ0) is 21.1. The number of anilines is 1. The maximum Gasteiger partial charge on any atom is 0.321 e. The molecule has 3 amide bonds. The Morgan fingerprint density at radius 2 is 1.83 bits per heavy atom. The van der Waals surface area contributed by atoms with Gasteiger partial charge < -0.3 is 15.5 Å². The average molecular weight is 402 g/mol. The lowest BCUT2D eigenvalue weighted by Gasteiger charge is -2.16. The van der Waals surface area contributed by atoms with Crippen molar-refractivity contribution >= 4 is 28.5 Å². The molecule has 1 aromatic heterocycles. The third-order valence-corrected chi connectivity index (χ3v) is 5.43. The molecule has 1 aliphatic rings. The van der Waals surface area contributed by atoms with Gasteiger partial charge in [0, 0.05) is 30.7 Å². The van der Waals surface area contributed by atoms with Crippen LogP contribution in [0.2, 0.25) is 0 Å². The predicted octanol–water partition coefficient (Wildman–Crippen LogP) is 4.41. The molecule has 1 aliphatic heterocycles. The van der Waals surface area contributed by atoms with Gasteiger partial charge in [0.1, 0.15) is 0 Å². The molecule has 0 saturated carbocycles. The summed E-state index contributed by atoms with van der Waals surface area (Å²) in [5, 5.41) is 6.87. The van der Waals surface area contributed by atoms with Crippen molar-refractivity contribution in [2.75, 3.05) is 18.4 Å². The second-order valence-corrected chi connectivity index (χ2v) is 7.82. The number of carbonyl (C=O) groups excluding carboxylic acids is 2. The van der Waals surface area contributed by atoms with Crippen molar-refractivity contribution in [2.24, 2.45) is 0 Å². The van der Waals surface area contributed by atoms with Crippen molar-refractivity contribution in [1.82, 2.24) is 15.2 Å². The van der Waals surface area contributed by atoms with Crippen LogP contribution >= 0.6 is 0 Å². The zero-order valence-electron chi connectivity index (χ0n) is 17.4. The molecule has 2 aromatic carbocycles. The van der Waals surface area contributed by atoms with E-state index in [9.17, 15) is 9.59 Å². The lowest BCUT2D eigenvalue weighted by atomic mass is 10.1. The first-order chi connectivity index (χ1) is 14.5. The summed E-state index contributed by atoms with van der Waals surface area (Å²) < 4.78 is 0. The van der Waals surface area contributed by atoms with Crippen LogP contribution < -0.4 is 10.6 Å². The second-order valence-electron chi connectivity index (χ2n) is 7.82. The number of aryl methyl sites for hydroxylation is 2. The van der Waals surface area contributed by atoms with Gasteiger partial charge in [0.05, 0.1) is 16.8 Å². The number of urea groups is 1.